The number of carbonyl (C=O) groups excluding carboxylic acids is 1. The largest absolute Gasteiger partial charge is 0.350 e. The summed E-state index contributed by atoms with van der Waals surface area (Å²) in [5.74, 6) is -0.222. The van der Waals surface area contributed by atoms with Gasteiger partial charge in [0, 0.05) is 23.9 Å². The van der Waals surface area contributed by atoms with Gasteiger partial charge >= 0.3 is 0 Å². The van der Waals surface area contributed by atoms with Crippen molar-refractivity contribution < 1.29 is 4.79 Å². The topological polar surface area (TPSA) is 72.7 Å². The van der Waals surface area contributed by atoms with Gasteiger partial charge in [-0.25, -0.2) is 9.67 Å². The minimum Gasteiger partial charge on any atom is -0.350 e. The van der Waals surface area contributed by atoms with Crippen LogP contribution in [0, 0.1) is 20.8 Å². The Morgan fingerprint density at radius 1 is 1.07 bits per heavy atom. The molecule has 2 aromatic heterocycles. The molecule has 0 radical (unpaired) electrons. The highest BCUT2D eigenvalue weighted by Gasteiger charge is 2.17. The summed E-state index contributed by atoms with van der Waals surface area (Å²) in [6.45, 7) is 6.44. The van der Waals surface area contributed by atoms with Gasteiger partial charge in [0.15, 0.2) is 5.69 Å². The quantitative estimate of drug-likeness (QED) is 0.508. The molecule has 0 saturated heterocycles. The number of amides is 1. The molecular formula is C23H23N5OS. The molecule has 0 aliphatic rings. The second-order valence-electron chi connectivity index (χ2n) is 7.29. The summed E-state index contributed by atoms with van der Waals surface area (Å²) in [5, 5.41) is 14.2. The molecule has 2 heterocycles. The number of hydrogen-bond acceptors (Lipinski definition) is 5. The second kappa shape index (κ2) is 8.59. The fourth-order valence-electron chi connectivity index (χ4n) is 3.18. The van der Waals surface area contributed by atoms with Crippen molar-refractivity contribution in [2.75, 3.05) is 6.54 Å². The molecule has 0 saturated carbocycles. The molecule has 6 nitrogen and oxygen atoms in total. The lowest BCUT2D eigenvalue weighted by atomic mass is 10.2. The van der Waals surface area contributed by atoms with Gasteiger partial charge in [-0.2, -0.15) is 0 Å². The van der Waals surface area contributed by atoms with E-state index in [1.54, 1.807) is 16.0 Å². The third-order valence-electron chi connectivity index (χ3n) is 4.87. The lowest BCUT2D eigenvalue weighted by molar-refractivity contribution is 0.0948. The summed E-state index contributed by atoms with van der Waals surface area (Å²) >= 11 is 1.62. The van der Waals surface area contributed by atoms with Crippen molar-refractivity contribution in [2.45, 2.75) is 27.2 Å². The van der Waals surface area contributed by atoms with E-state index in [2.05, 4.69) is 51.8 Å². The summed E-state index contributed by atoms with van der Waals surface area (Å²) in [6, 6.07) is 16.3. The van der Waals surface area contributed by atoms with Crippen LogP contribution in [0.5, 0.6) is 0 Å². The van der Waals surface area contributed by atoms with Crippen molar-refractivity contribution >= 4 is 17.2 Å². The maximum absolute atomic E-state index is 12.6. The van der Waals surface area contributed by atoms with Crippen molar-refractivity contribution in [3.8, 4) is 16.3 Å². The monoisotopic (exact) mass is 417 g/mol. The molecule has 0 spiro atoms. The van der Waals surface area contributed by atoms with Crippen LogP contribution < -0.4 is 5.32 Å². The Balaban J connectivity index is 1.37. The molecular weight excluding hydrogens is 394 g/mol. The second-order valence-corrected chi connectivity index (χ2v) is 8.15. The van der Waals surface area contributed by atoms with Crippen molar-refractivity contribution in [1.29, 1.82) is 0 Å². The summed E-state index contributed by atoms with van der Waals surface area (Å²) in [6.07, 6.45) is 0.666. The summed E-state index contributed by atoms with van der Waals surface area (Å²) in [5.41, 5.74) is 6.39. The number of carbonyl (C=O) groups is 1. The molecule has 7 heteroatoms. The minimum absolute atomic E-state index is 0.222. The molecule has 0 bridgehead atoms. The van der Waals surface area contributed by atoms with Crippen LogP contribution in [-0.4, -0.2) is 32.4 Å². The number of nitrogens with one attached hydrogen (secondary N) is 1. The molecule has 4 rings (SSSR count). The Morgan fingerprint density at radius 3 is 2.63 bits per heavy atom. The fourth-order valence-corrected chi connectivity index (χ4v) is 4.04. The zero-order valence-electron chi connectivity index (χ0n) is 17.2. The van der Waals surface area contributed by atoms with Crippen molar-refractivity contribution in [1.82, 2.24) is 25.3 Å². The number of rotatable bonds is 6. The molecule has 2 aromatic carbocycles. The lowest BCUT2D eigenvalue weighted by Crippen LogP contribution is -2.26. The molecule has 0 fully saturated rings. The number of benzene rings is 2. The molecule has 152 valence electrons. The van der Waals surface area contributed by atoms with Crippen LogP contribution in [0.25, 0.3) is 16.3 Å². The molecule has 1 amide bonds. The smallest absolute Gasteiger partial charge is 0.273 e. The third-order valence-corrected chi connectivity index (χ3v) is 5.81. The van der Waals surface area contributed by atoms with Gasteiger partial charge in [-0.1, -0.05) is 47.2 Å². The summed E-state index contributed by atoms with van der Waals surface area (Å²) < 4.78 is 1.69. The van der Waals surface area contributed by atoms with E-state index < -0.39 is 0 Å². The molecule has 0 aliphatic carbocycles. The Labute approximate surface area is 179 Å². The van der Waals surface area contributed by atoms with E-state index in [1.165, 1.54) is 5.56 Å². The molecule has 0 atom stereocenters. The van der Waals surface area contributed by atoms with E-state index in [4.69, 9.17) is 0 Å². The van der Waals surface area contributed by atoms with E-state index in [1.807, 2.05) is 43.5 Å². The number of thiazole rings is 1. The maximum atomic E-state index is 12.6. The Hall–Kier alpha value is -3.32. The van der Waals surface area contributed by atoms with E-state index in [0.29, 0.717) is 24.4 Å². The predicted octanol–water partition coefficient (Wildman–Crippen LogP) is 4.29. The zero-order chi connectivity index (χ0) is 21.1. The fraction of sp³-hybridized carbons (Fsp3) is 0.217. The van der Waals surface area contributed by atoms with Crippen LogP contribution in [0.4, 0.5) is 0 Å². The van der Waals surface area contributed by atoms with Gasteiger partial charge in [0.1, 0.15) is 5.01 Å². The summed E-state index contributed by atoms with van der Waals surface area (Å²) in [7, 11) is 0. The average molecular weight is 418 g/mol. The van der Waals surface area contributed by atoms with Gasteiger partial charge in [0.05, 0.1) is 17.1 Å². The van der Waals surface area contributed by atoms with E-state index in [0.717, 1.165) is 27.5 Å². The van der Waals surface area contributed by atoms with Gasteiger partial charge in [-0.3, -0.25) is 4.79 Å². The van der Waals surface area contributed by atoms with Gasteiger partial charge in [0.25, 0.3) is 5.91 Å². The number of aromatic nitrogens is 4. The lowest BCUT2D eigenvalue weighted by Gasteiger charge is -2.05. The highest BCUT2D eigenvalue weighted by Crippen LogP contribution is 2.24. The first-order chi connectivity index (χ1) is 14.5. The minimum atomic E-state index is -0.222. The highest BCUT2D eigenvalue weighted by atomic mass is 32.1. The molecule has 30 heavy (non-hydrogen) atoms. The standard InChI is InChI=1S/C23H23N5OS/c1-15-7-9-18(10-8-15)23-25-19(14-30-23)11-12-24-22(29)21-17(3)28(27-26-21)20-6-4-5-16(2)13-20/h4-10,13-14H,11-12H2,1-3H3,(H,24,29). The first-order valence-electron chi connectivity index (χ1n) is 9.80. The first kappa shape index (κ1) is 20.0. The SMILES string of the molecule is Cc1ccc(-c2nc(CCNC(=O)c3nnn(-c4cccc(C)c4)c3C)cs2)cc1. The van der Waals surface area contributed by atoms with Crippen LogP contribution in [0.15, 0.2) is 53.9 Å². The van der Waals surface area contributed by atoms with Crippen molar-refractivity contribution in [2.24, 2.45) is 0 Å². The van der Waals surface area contributed by atoms with Gasteiger partial charge in [0.2, 0.25) is 0 Å². The van der Waals surface area contributed by atoms with Crippen molar-refractivity contribution in [3.63, 3.8) is 0 Å². The number of aryl methyl sites for hydroxylation is 2. The van der Waals surface area contributed by atoms with Crippen LogP contribution in [0.1, 0.15) is 33.0 Å². The third kappa shape index (κ3) is 4.31. The molecule has 0 aliphatic heterocycles. The number of nitrogens with zero attached hydrogens (tertiary/aromatic N) is 4. The predicted molar refractivity (Wildman–Crippen MR) is 119 cm³/mol. The van der Waals surface area contributed by atoms with Crippen molar-refractivity contribution in [3.05, 3.63) is 82.1 Å². The van der Waals surface area contributed by atoms with Gasteiger partial charge in [-0.05, 0) is 38.5 Å². The molecule has 4 aromatic rings. The van der Waals surface area contributed by atoms with Crippen LogP contribution in [-0.2, 0) is 6.42 Å². The van der Waals surface area contributed by atoms with E-state index >= 15 is 0 Å². The molecule has 1 N–H and O–H groups in total. The van der Waals surface area contributed by atoms with E-state index in [9.17, 15) is 4.79 Å². The van der Waals surface area contributed by atoms with Gasteiger partial charge in [-0.15, -0.1) is 16.4 Å². The molecule has 0 unspecified atom stereocenters. The van der Waals surface area contributed by atoms with Crippen LogP contribution >= 0.6 is 11.3 Å². The Morgan fingerprint density at radius 2 is 1.87 bits per heavy atom. The first-order valence-corrected chi connectivity index (χ1v) is 10.7. The van der Waals surface area contributed by atoms with Gasteiger partial charge < -0.3 is 5.32 Å². The normalized spacial score (nSPS) is 10.9. The van der Waals surface area contributed by atoms with Crippen LogP contribution in [0.2, 0.25) is 0 Å². The Bertz CT molecular complexity index is 1180. The maximum Gasteiger partial charge on any atom is 0.273 e. The summed E-state index contributed by atoms with van der Waals surface area (Å²) in [4.78, 5) is 17.3. The Kier molecular flexibility index (Phi) is 5.72. The highest BCUT2D eigenvalue weighted by molar-refractivity contribution is 7.13. The zero-order valence-corrected chi connectivity index (χ0v) is 18.0. The number of hydrogen-bond donors (Lipinski definition) is 1. The average Bonchev–Trinajstić information content (AvgIpc) is 3.35. The van der Waals surface area contributed by atoms with E-state index in [-0.39, 0.29) is 5.91 Å². The van der Waals surface area contributed by atoms with Crippen LogP contribution in [0.3, 0.4) is 0 Å².